The van der Waals surface area contributed by atoms with E-state index < -0.39 is 26.6 Å². The Bertz CT molecular complexity index is 1740. The predicted molar refractivity (Wildman–Crippen MR) is 344 cm³/mol. The zero-order chi connectivity index (χ0) is 58.6. The lowest BCUT2D eigenvalue weighted by molar-refractivity contribution is -0.870. The third kappa shape index (κ3) is 59.3. The number of likely N-dealkylation sites (N-methyl/N-ethyl adjacent to an activating group) is 1. The van der Waals surface area contributed by atoms with Crippen LogP contribution in [0.3, 0.4) is 0 Å². The fourth-order valence-corrected chi connectivity index (χ4v) is 9.70. The van der Waals surface area contributed by atoms with E-state index in [1.807, 2.05) is 33.3 Å². The average molecular weight is 1140 g/mol. The molecule has 0 saturated carbocycles. The Morgan fingerprint density at radius 1 is 0.450 bits per heavy atom. The normalized spacial score (nSPS) is 14.3. The molecule has 0 bridgehead atoms. The highest BCUT2D eigenvalue weighted by molar-refractivity contribution is 7.45. The van der Waals surface area contributed by atoms with E-state index in [0.717, 1.165) is 128 Å². The van der Waals surface area contributed by atoms with Crippen molar-refractivity contribution in [2.45, 2.75) is 283 Å². The van der Waals surface area contributed by atoms with Gasteiger partial charge in [-0.1, -0.05) is 259 Å². The molecule has 0 saturated heterocycles. The maximum Gasteiger partial charge on any atom is 0.306 e. The summed E-state index contributed by atoms with van der Waals surface area (Å²) >= 11 is 0. The number of unbranched alkanes of at least 4 members (excludes halogenated alkanes) is 26. The molecule has 0 rings (SSSR count). The molecule has 0 aromatic heterocycles. The van der Waals surface area contributed by atoms with Crippen molar-refractivity contribution in [2.75, 3.05) is 40.9 Å². The van der Waals surface area contributed by atoms with E-state index in [1.54, 1.807) is 0 Å². The molecule has 0 aliphatic heterocycles. The molecule has 10 heteroatoms. The summed E-state index contributed by atoms with van der Waals surface area (Å²) in [5, 5.41) is 3.02. The lowest BCUT2D eigenvalue weighted by atomic mass is 10.0. The Balaban J connectivity index is 5.16. The summed E-state index contributed by atoms with van der Waals surface area (Å²) in [6, 6.07) is -0.902. The Hall–Kier alpha value is -3.33. The number of phosphoric ester groups is 1. The van der Waals surface area contributed by atoms with Crippen molar-refractivity contribution in [1.29, 1.82) is 0 Å². The van der Waals surface area contributed by atoms with Crippen LogP contribution in [0, 0.1) is 0 Å². The third-order valence-electron chi connectivity index (χ3n) is 13.9. The van der Waals surface area contributed by atoms with Crippen molar-refractivity contribution in [3.8, 4) is 0 Å². The molecular weight excluding hydrogens is 1010 g/mol. The zero-order valence-corrected chi connectivity index (χ0v) is 53.4. The van der Waals surface area contributed by atoms with Crippen molar-refractivity contribution < 1.29 is 37.3 Å². The first kappa shape index (κ1) is 76.7. The highest BCUT2D eigenvalue weighted by atomic mass is 31.2. The Kier molecular flexibility index (Phi) is 56.4. The van der Waals surface area contributed by atoms with Gasteiger partial charge in [0, 0.05) is 12.8 Å². The molecule has 80 heavy (non-hydrogen) atoms. The number of rotatable bonds is 58. The van der Waals surface area contributed by atoms with Crippen molar-refractivity contribution in [3.05, 3.63) is 109 Å². The second-order valence-corrected chi connectivity index (χ2v) is 24.3. The van der Waals surface area contributed by atoms with Crippen LogP contribution >= 0.6 is 7.82 Å². The van der Waals surface area contributed by atoms with Crippen LogP contribution in [0.15, 0.2) is 109 Å². The lowest BCUT2D eigenvalue weighted by Crippen LogP contribution is -2.47. The summed E-state index contributed by atoms with van der Waals surface area (Å²) in [4.78, 5) is 40.0. The summed E-state index contributed by atoms with van der Waals surface area (Å²) in [7, 11) is 1.16. The van der Waals surface area contributed by atoms with Crippen LogP contribution in [0.2, 0.25) is 0 Å². The molecule has 3 atom stereocenters. The summed E-state index contributed by atoms with van der Waals surface area (Å²) in [5.41, 5.74) is 0. The molecule has 0 aromatic carbocycles. The highest BCUT2D eigenvalue weighted by Gasteiger charge is 2.27. The average Bonchev–Trinajstić information content (AvgIpc) is 3.42. The van der Waals surface area contributed by atoms with Crippen LogP contribution in [0.25, 0.3) is 0 Å². The van der Waals surface area contributed by atoms with Gasteiger partial charge in [-0.2, -0.15) is 0 Å². The number of hydrogen-bond donors (Lipinski definition) is 1. The van der Waals surface area contributed by atoms with E-state index in [-0.39, 0.29) is 24.9 Å². The van der Waals surface area contributed by atoms with E-state index >= 15 is 0 Å². The molecule has 1 N–H and O–H groups in total. The van der Waals surface area contributed by atoms with Gasteiger partial charge in [0.2, 0.25) is 5.91 Å². The number of quaternary nitrogens is 1. The fourth-order valence-electron chi connectivity index (χ4n) is 8.97. The smallest absolute Gasteiger partial charge is 0.306 e. The Morgan fingerprint density at radius 3 is 1.20 bits per heavy atom. The van der Waals surface area contributed by atoms with Crippen LogP contribution in [-0.2, 0) is 27.9 Å². The molecule has 0 aromatic rings. The number of allylic oxidation sites excluding steroid dienone is 17. The van der Waals surface area contributed by atoms with Crippen molar-refractivity contribution in [2.24, 2.45) is 0 Å². The third-order valence-corrected chi connectivity index (χ3v) is 14.9. The molecule has 460 valence electrons. The maximum absolute atomic E-state index is 13.5. The van der Waals surface area contributed by atoms with E-state index in [2.05, 4.69) is 123 Å². The van der Waals surface area contributed by atoms with Crippen LogP contribution < -0.4 is 10.2 Å². The molecule has 0 aliphatic rings. The molecule has 9 nitrogen and oxygen atoms in total. The minimum Gasteiger partial charge on any atom is -0.756 e. The topological polar surface area (TPSA) is 114 Å². The zero-order valence-electron chi connectivity index (χ0n) is 52.5. The summed E-state index contributed by atoms with van der Waals surface area (Å²) < 4.78 is 30.3. The van der Waals surface area contributed by atoms with Crippen LogP contribution in [0.1, 0.15) is 271 Å². The van der Waals surface area contributed by atoms with Crippen LogP contribution in [0.5, 0.6) is 0 Å². The number of nitrogens with zero attached hydrogens (tertiary/aromatic N) is 1. The standard InChI is InChI=1S/C70H123N2O7P/c1-7-10-13-16-19-22-25-28-30-31-32-33-34-35-36-37-38-39-40-41-42-45-48-51-54-57-60-63-70(74)79-68(61-58-55-52-49-46-43-27-24-21-18-15-12-9-3)67(66-78-80(75,76)77-65-64-72(4,5)6)71-69(73)62-59-56-53-50-47-44-29-26-23-20-17-14-11-8-2/h10-11,13-14,19-20,22-23,28,30,32-33,35-36,38-39,58,61,67-68H,7-9,12,15-18,21,24-27,29,31,34,37,40-57,59-60,62-66H2,1-6H3,(H-,71,73,75,76)/b13-10-,14-11+,22-19-,23-20+,30-28-,33-32-,36-35-,39-38-,61-58-. The monoisotopic (exact) mass is 1130 g/mol. The summed E-state index contributed by atoms with van der Waals surface area (Å²) in [5.74, 6) is -0.563. The lowest BCUT2D eigenvalue weighted by Gasteiger charge is -2.30. The molecule has 0 fully saturated rings. The minimum absolute atomic E-state index is 0.0301. The second kappa shape index (κ2) is 58.9. The van der Waals surface area contributed by atoms with Gasteiger partial charge in [-0.25, -0.2) is 0 Å². The van der Waals surface area contributed by atoms with E-state index in [1.165, 1.54) is 103 Å². The van der Waals surface area contributed by atoms with E-state index in [9.17, 15) is 19.0 Å². The number of ether oxygens (including phenoxy) is 1. The summed E-state index contributed by atoms with van der Waals surface area (Å²) in [6.45, 7) is 6.61. The Labute approximate surface area is 493 Å². The number of phosphoric acid groups is 1. The quantitative estimate of drug-likeness (QED) is 0.0212. The van der Waals surface area contributed by atoms with Gasteiger partial charge in [0.1, 0.15) is 19.3 Å². The molecule has 3 unspecified atom stereocenters. The first-order valence-corrected chi connectivity index (χ1v) is 34.2. The number of amides is 1. The highest BCUT2D eigenvalue weighted by Crippen LogP contribution is 2.38. The fraction of sp³-hybridized carbons (Fsp3) is 0.714. The molecule has 0 radical (unpaired) electrons. The number of carbonyl (C=O) groups is 2. The van der Waals surface area contributed by atoms with Gasteiger partial charge in [-0.15, -0.1) is 0 Å². The van der Waals surface area contributed by atoms with Crippen molar-refractivity contribution >= 4 is 19.7 Å². The van der Waals surface area contributed by atoms with Gasteiger partial charge in [0.15, 0.2) is 0 Å². The number of hydrogen-bond acceptors (Lipinski definition) is 7. The molecule has 0 aliphatic carbocycles. The predicted octanol–water partition coefficient (Wildman–Crippen LogP) is 19.9. The first-order chi connectivity index (χ1) is 38.9. The van der Waals surface area contributed by atoms with Crippen molar-refractivity contribution in [1.82, 2.24) is 5.32 Å². The maximum atomic E-state index is 13.5. The molecule has 1 amide bonds. The van der Waals surface area contributed by atoms with E-state index in [4.69, 9.17) is 13.8 Å². The second-order valence-electron chi connectivity index (χ2n) is 22.9. The first-order valence-electron chi connectivity index (χ1n) is 32.7. The van der Waals surface area contributed by atoms with Crippen LogP contribution in [0.4, 0.5) is 0 Å². The SMILES string of the molecule is CC/C=C\C/C=C\C/C=C\C/C=C\C/C=C\C/C=C\CCCCCCCCCCC(=O)OC(/C=C\CCCCCCCCCCCCC)C(COP(=O)([O-])OCC[N+](C)(C)C)NC(=O)CCCCCCCCC/C=C/C/C=C/CC. The van der Waals surface area contributed by atoms with Gasteiger partial charge in [0.05, 0.1) is 33.8 Å². The number of nitrogens with one attached hydrogen (secondary N) is 1. The summed E-state index contributed by atoms with van der Waals surface area (Å²) in [6.07, 6.45) is 80.6. The number of esters is 1. The Morgan fingerprint density at radius 2 is 0.800 bits per heavy atom. The van der Waals surface area contributed by atoms with Gasteiger partial charge < -0.3 is 28.5 Å². The van der Waals surface area contributed by atoms with Gasteiger partial charge in [-0.3, -0.25) is 14.2 Å². The van der Waals surface area contributed by atoms with Crippen molar-refractivity contribution in [3.63, 3.8) is 0 Å². The van der Waals surface area contributed by atoms with Crippen LogP contribution in [-0.4, -0.2) is 69.4 Å². The minimum atomic E-state index is -4.71. The van der Waals surface area contributed by atoms with Gasteiger partial charge in [0.25, 0.3) is 7.82 Å². The van der Waals surface area contributed by atoms with Gasteiger partial charge in [-0.05, 0) is 109 Å². The van der Waals surface area contributed by atoms with E-state index in [0.29, 0.717) is 23.9 Å². The number of carbonyl (C=O) groups excluding carboxylic acids is 2. The molecule has 0 heterocycles. The molecule has 0 spiro atoms. The largest absolute Gasteiger partial charge is 0.756 e. The molecular formula is C70H123N2O7P. The van der Waals surface area contributed by atoms with Gasteiger partial charge >= 0.3 is 5.97 Å².